The van der Waals surface area contributed by atoms with Gasteiger partial charge in [-0.3, -0.25) is 0 Å². The largest absolute Gasteiger partial charge is 0.192 e. The molecule has 0 N–H and O–H groups in total. The van der Waals surface area contributed by atoms with E-state index in [0.717, 1.165) is 16.7 Å². The summed E-state index contributed by atoms with van der Waals surface area (Å²) in [5.74, 6) is 0. The van der Waals surface area contributed by atoms with Crippen molar-refractivity contribution in [3.05, 3.63) is 59.2 Å². The van der Waals surface area contributed by atoms with Gasteiger partial charge in [0, 0.05) is 5.56 Å². The molecular formula is C15H10N2. The van der Waals surface area contributed by atoms with Gasteiger partial charge >= 0.3 is 0 Å². The minimum atomic E-state index is 0.428. The first-order valence-corrected chi connectivity index (χ1v) is 5.27. The lowest BCUT2D eigenvalue weighted by atomic mass is 9.92. The molecule has 17 heavy (non-hydrogen) atoms. The maximum atomic E-state index is 9.22. The van der Waals surface area contributed by atoms with Crippen LogP contribution >= 0.6 is 0 Å². The molecule has 2 nitrogen and oxygen atoms in total. The highest BCUT2D eigenvalue weighted by atomic mass is 14.3. The van der Waals surface area contributed by atoms with Gasteiger partial charge in [-0.15, -0.1) is 0 Å². The second-order valence-electron chi connectivity index (χ2n) is 3.77. The fourth-order valence-electron chi connectivity index (χ4n) is 1.89. The molecule has 0 unspecified atom stereocenters. The van der Waals surface area contributed by atoms with Crippen LogP contribution in [-0.2, 0) is 0 Å². The van der Waals surface area contributed by atoms with Crippen LogP contribution in [0.3, 0.4) is 0 Å². The Bertz CT molecular complexity index is 628. The Labute approximate surface area is 100 Å². The fraction of sp³-hybridized carbons (Fsp3) is 0.0667. The van der Waals surface area contributed by atoms with Gasteiger partial charge in [-0.1, -0.05) is 36.4 Å². The van der Waals surface area contributed by atoms with Crippen molar-refractivity contribution in [3.63, 3.8) is 0 Å². The lowest BCUT2D eigenvalue weighted by Gasteiger charge is -2.09. The van der Waals surface area contributed by atoms with E-state index in [4.69, 9.17) is 5.26 Å². The van der Waals surface area contributed by atoms with Crippen molar-refractivity contribution in [1.82, 2.24) is 0 Å². The van der Waals surface area contributed by atoms with E-state index >= 15 is 0 Å². The molecule has 0 spiro atoms. The van der Waals surface area contributed by atoms with Gasteiger partial charge in [0.25, 0.3) is 0 Å². The Balaban J connectivity index is 2.79. The first-order valence-electron chi connectivity index (χ1n) is 5.27. The van der Waals surface area contributed by atoms with Crippen molar-refractivity contribution < 1.29 is 0 Å². The van der Waals surface area contributed by atoms with Crippen LogP contribution in [0, 0.1) is 29.6 Å². The van der Waals surface area contributed by atoms with Crippen LogP contribution in [0.5, 0.6) is 0 Å². The van der Waals surface area contributed by atoms with E-state index in [1.165, 1.54) is 0 Å². The van der Waals surface area contributed by atoms with Gasteiger partial charge in [0.1, 0.15) is 12.1 Å². The van der Waals surface area contributed by atoms with Crippen molar-refractivity contribution in [2.45, 2.75) is 6.92 Å². The molecule has 2 heteroatoms. The third-order valence-electron chi connectivity index (χ3n) is 2.71. The van der Waals surface area contributed by atoms with Gasteiger partial charge in [0.2, 0.25) is 0 Å². The summed E-state index contributed by atoms with van der Waals surface area (Å²) >= 11 is 0. The van der Waals surface area contributed by atoms with E-state index in [2.05, 4.69) is 12.1 Å². The summed E-state index contributed by atoms with van der Waals surface area (Å²) in [6.07, 6.45) is 0. The van der Waals surface area contributed by atoms with Crippen LogP contribution in [0.4, 0.5) is 0 Å². The molecule has 80 valence electrons. The first kappa shape index (κ1) is 10.9. The Morgan fingerprint density at radius 2 is 1.59 bits per heavy atom. The molecule has 0 radical (unpaired) electrons. The van der Waals surface area contributed by atoms with E-state index < -0.39 is 0 Å². The number of hydrogen-bond donors (Lipinski definition) is 0. The van der Waals surface area contributed by atoms with Gasteiger partial charge in [-0.2, -0.15) is 10.5 Å². The zero-order valence-corrected chi connectivity index (χ0v) is 9.44. The summed E-state index contributed by atoms with van der Waals surface area (Å²) in [7, 11) is 0. The Kier molecular flexibility index (Phi) is 2.90. The van der Waals surface area contributed by atoms with Crippen LogP contribution in [0.15, 0.2) is 42.5 Å². The zero-order chi connectivity index (χ0) is 12.3. The standard InChI is InChI=1S/C15H10N2/c1-11-7-8-13(9-16)14(10-17)15(11)12-5-3-2-4-6-12/h2-8H,1H3. The van der Waals surface area contributed by atoms with Gasteiger partial charge in [0.05, 0.1) is 11.1 Å². The summed E-state index contributed by atoms with van der Waals surface area (Å²) in [5.41, 5.74) is 3.72. The summed E-state index contributed by atoms with van der Waals surface area (Å²) < 4.78 is 0. The highest BCUT2D eigenvalue weighted by Gasteiger charge is 2.12. The number of hydrogen-bond acceptors (Lipinski definition) is 2. The van der Waals surface area contributed by atoms with E-state index in [-0.39, 0.29) is 0 Å². The predicted octanol–water partition coefficient (Wildman–Crippen LogP) is 3.41. The zero-order valence-electron chi connectivity index (χ0n) is 9.44. The van der Waals surface area contributed by atoms with E-state index in [1.54, 1.807) is 6.07 Å². The average Bonchev–Trinajstić information content (AvgIpc) is 2.39. The molecule has 0 atom stereocenters. The normalized spacial score (nSPS) is 9.35. The minimum Gasteiger partial charge on any atom is -0.192 e. The summed E-state index contributed by atoms with van der Waals surface area (Å²) in [5, 5.41) is 18.2. The molecule has 0 bridgehead atoms. The third-order valence-corrected chi connectivity index (χ3v) is 2.71. The lowest BCUT2D eigenvalue weighted by Crippen LogP contribution is -1.92. The number of nitrogens with zero attached hydrogens (tertiary/aromatic N) is 2. The maximum absolute atomic E-state index is 9.22. The number of benzene rings is 2. The van der Waals surface area contributed by atoms with Crippen LogP contribution in [-0.4, -0.2) is 0 Å². The van der Waals surface area contributed by atoms with Crippen molar-refractivity contribution in [3.8, 4) is 23.3 Å². The predicted molar refractivity (Wildman–Crippen MR) is 66.0 cm³/mol. The number of aryl methyl sites for hydroxylation is 1. The Hall–Kier alpha value is -2.58. The van der Waals surface area contributed by atoms with E-state index in [1.807, 2.05) is 43.3 Å². The number of rotatable bonds is 1. The third kappa shape index (κ3) is 1.89. The summed E-state index contributed by atoms with van der Waals surface area (Å²) in [4.78, 5) is 0. The van der Waals surface area contributed by atoms with Gasteiger partial charge in [0.15, 0.2) is 0 Å². The molecule has 0 saturated heterocycles. The topological polar surface area (TPSA) is 47.6 Å². The Morgan fingerprint density at radius 3 is 2.18 bits per heavy atom. The molecule has 0 aromatic heterocycles. The van der Waals surface area contributed by atoms with Crippen LogP contribution in [0.2, 0.25) is 0 Å². The van der Waals surface area contributed by atoms with Crippen LogP contribution in [0.1, 0.15) is 16.7 Å². The maximum Gasteiger partial charge on any atom is 0.101 e. The molecular weight excluding hydrogens is 208 g/mol. The molecule has 0 heterocycles. The molecule has 2 rings (SSSR count). The highest BCUT2D eigenvalue weighted by molar-refractivity contribution is 5.76. The molecule has 0 aliphatic carbocycles. The van der Waals surface area contributed by atoms with Crippen LogP contribution in [0.25, 0.3) is 11.1 Å². The van der Waals surface area contributed by atoms with Gasteiger partial charge in [-0.25, -0.2) is 0 Å². The van der Waals surface area contributed by atoms with E-state index in [0.29, 0.717) is 11.1 Å². The highest BCUT2D eigenvalue weighted by Crippen LogP contribution is 2.28. The second kappa shape index (κ2) is 4.51. The smallest absolute Gasteiger partial charge is 0.101 e. The first-order chi connectivity index (χ1) is 8.27. The average molecular weight is 218 g/mol. The Morgan fingerprint density at radius 1 is 0.882 bits per heavy atom. The van der Waals surface area contributed by atoms with E-state index in [9.17, 15) is 5.26 Å². The summed E-state index contributed by atoms with van der Waals surface area (Å²) in [6.45, 7) is 1.95. The quantitative estimate of drug-likeness (QED) is 0.736. The summed E-state index contributed by atoms with van der Waals surface area (Å²) in [6, 6.07) is 17.4. The monoisotopic (exact) mass is 218 g/mol. The van der Waals surface area contributed by atoms with Crippen LogP contribution < -0.4 is 0 Å². The van der Waals surface area contributed by atoms with Crippen molar-refractivity contribution >= 4 is 0 Å². The molecule has 0 aliphatic heterocycles. The number of nitriles is 2. The van der Waals surface area contributed by atoms with Gasteiger partial charge < -0.3 is 0 Å². The molecule has 0 saturated carbocycles. The molecule has 2 aromatic rings. The SMILES string of the molecule is Cc1ccc(C#N)c(C#N)c1-c1ccccc1. The fourth-order valence-corrected chi connectivity index (χ4v) is 1.89. The van der Waals surface area contributed by atoms with Crippen molar-refractivity contribution in [2.24, 2.45) is 0 Å². The van der Waals surface area contributed by atoms with Gasteiger partial charge in [-0.05, 0) is 24.1 Å². The second-order valence-corrected chi connectivity index (χ2v) is 3.77. The molecule has 0 aliphatic rings. The van der Waals surface area contributed by atoms with Crippen molar-refractivity contribution in [1.29, 1.82) is 10.5 Å². The molecule has 0 fully saturated rings. The lowest BCUT2D eigenvalue weighted by molar-refractivity contribution is 1.38. The molecule has 0 amide bonds. The van der Waals surface area contributed by atoms with Crippen molar-refractivity contribution in [2.75, 3.05) is 0 Å². The minimum absolute atomic E-state index is 0.428. The molecule has 2 aromatic carbocycles.